The lowest BCUT2D eigenvalue weighted by Gasteiger charge is -2.06. The van der Waals surface area contributed by atoms with E-state index < -0.39 is 0 Å². The lowest BCUT2D eigenvalue weighted by molar-refractivity contribution is 1.23. The van der Waals surface area contributed by atoms with Crippen LogP contribution in [0.25, 0.3) is 0 Å². The summed E-state index contributed by atoms with van der Waals surface area (Å²) in [6.45, 7) is 7.66. The molecular weight excluding hydrogens is 158 g/mol. The highest BCUT2D eigenvalue weighted by Gasteiger charge is 2.03. The van der Waals surface area contributed by atoms with E-state index in [0.717, 1.165) is 22.6 Å². The van der Waals surface area contributed by atoms with Gasteiger partial charge in [-0.3, -0.25) is 0 Å². The smallest absolute Gasteiger partial charge is 0.0994 e. The third kappa shape index (κ3) is 1.97. The summed E-state index contributed by atoms with van der Waals surface area (Å²) in [6, 6.07) is 7.95. The maximum Gasteiger partial charge on any atom is 0.0994 e. The van der Waals surface area contributed by atoms with E-state index in [-0.39, 0.29) is 0 Å². The van der Waals surface area contributed by atoms with Crippen LogP contribution in [0, 0.1) is 24.2 Å². The van der Waals surface area contributed by atoms with E-state index in [2.05, 4.69) is 12.6 Å². The van der Waals surface area contributed by atoms with Crippen LogP contribution in [0.4, 0.5) is 0 Å². The van der Waals surface area contributed by atoms with Gasteiger partial charge in [-0.2, -0.15) is 5.26 Å². The lowest BCUT2D eigenvalue weighted by atomic mass is 9.97. The quantitative estimate of drug-likeness (QED) is 0.669. The number of rotatable bonds is 2. The van der Waals surface area contributed by atoms with Gasteiger partial charge in [0.15, 0.2) is 0 Å². The van der Waals surface area contributed by atoms with Gasteiger partial charge in [-0.05, 0) is 24.1 Å². The first-order valence-corrected chi connectivity index (χ1v) is 4.16. The van der Waals surface area contributed by atoms with E-state index in [1.165, 1.54) is 0 Å². The first-order valence-electron chi connectivity index (χ1n) is 4.16. The number of nitrogens with zero attached hydrogens (tertiary/aromatic N) is 1. The Labute approximate surface area is 79.3 Å². The van der Waals surface area contributed by atoms with Crippen LogP contribution < -0.4 is 0 Å². The van der Waals surface area contributed by atoms with Gasteiger partial charge < -0.3 is 0 Å². The summed E-state index contributed by atoms with van der Waals surface area (Å²) in [7, 11) is 0. The lowest BCUT2D eigenvalue weighted by Crippen LogP contribution is -1.92. The summed E-state index contributed by atoms with van der Waals surface area (Å²) in [5, 5.41) is 8.73. The third-order valence-electron chi connectivity index (χ3n) is 2.11. The summed E-state index contributed by atoms with van der Waals surface area (Å²) >= 11 is 0. The summed E-state index contributed by atoms with van der Waals surface area (Å²) in [5.74, 6) is 1.13. The number of nitriles is 1. The first kappa shape index (κ1) is 9.54. The fourth-order valence-electron chi connectivity index (χ4n) is 1.15. The monoisotopic (exact) mass is 170 g/mol. The Bertz CT molecular complexity index is 358. The van der Waals surface area contributed by atoms with Gasteiger partial charge in [-0.1, -0.05) is 25.1 Å². The second kappa shape index (κ2) is 3.91. The van der Waals surface area contributed by atoms with Crippen molar-refractivity contribution in [2.75, 3.05) is 0 Å². The minimum Gasteiger partial charge on any atom is -0.192 e. The summed E-state index contributed by atoms with van der Waals surface area (Å²) in [5.41, 5.74) is 2.88. The molecule has 0 N–H and O–H groups in total. The van der Waals surface area contributed by atoms with Crippen LogP contribution in [-0.4, -0.2) is 0 Å². The maximum absolute atomic E-state index is 8.73. The van der Waals surface area contributed by atoms with Crippen LogP contribution >= 0.6 is 0 Å². The topological polar surface area (TPSA) is 23.8 Å². The van der Waals surface area contributed by atoms with Gasteiger partial charge in [0.05, 0.1) is 11.6 Å². The van der Waals surface area contributed by atoms with Gasteiger partial charge in [0.25, 0.3) is 0 Å². The zero-order chi connectivity index (χ0) is 9.84. The van der Waals surface area contributed by atoms with Crippen molar-refractivity contribution in [3.05, 3.63) is 53.5 Å². The van der Waals surface area contributed by atoms with Gasteiger partial charge in [0, 0.05) is 5.92 Å². The molecule has 65 valence electrons. The molecule has 13 heavy (non-hydrogen) atoms. The molecule has 0 spiro atoms. The van der Waals surface area contributed by atoms with Gasteiger partial charge in [0.2, 0.25) is 0 Å². The molecule has 0 amide bonds. The molecule has 0 aliphatic carbocycles. The van der Waals surface area contributed by atoms with E-state index in [4.69, 9.17) is 5.26 Å². The average Bonchev–Trinajstić information content (AvgIpc) is 2.16. The van der Waals surface area contributed by atoms with E-state index in [9.17, 15) is 0 Å². The molecule has 1 heteroatoms. The summed E-state index contributed by atoms with van der Waals surface area (Å²) < 4.78 is 0. The summed E-state index contributed by atoms with van der Waals surface area (Å²) in [6.07, 6.45) is 1.82. The zero-order valence-electron chi connectivity index (χ0n) is 7.96. The van der Waals surface area contributed by atoms with Crippen molar-refractivity contribution in [1.29, 1.82) is 5.26 Å². The van der Waals surface area contributed by atoms with Crippen molar-refractivity contribution >= 4 is 0 Å². The number of aryl methyl sites for hydroxylation is 1. The highest BCUT2D eigenvalue weighted by molar-refractivity contribution is 5.45. The Balaban J connectivity index is 3.11. The molecule has 0 unspecified atom stereocenters. The molecule has 0 bridgehead atoms. The molecule has 0 heterocycles. The molecule has 0 aliphatic rings. The fourth-order valence-corrected chi connectivity index (χ4v) is 1.15. The van der Waals surface area contributed by atoms with E-state index >= 15 is 0 Å². The SMILES string of the molecule is C=C[C](C)c1ccc(C#N)c(C)c1. The Morgan fingerprint density at radius 2 is 2.23 bits per heavy atom. The molecule has 0 aliphatic heterocycles. The van der Waals surface area contributed by atoms with Gasteiger partial charge in [-0.25, -0.2) is 0 Å². The first-order chi connectivity index (χ1) is 6.19. The van der Waals surface area contributed by atoms with Crippen molar-refractivity contribution in [2.24, 2.45) is 0 Å². The highest BCUT2D eigenvalue weighted by Crippen LogP contribution is 2.18. The molecule has 1 nitrogen and oxygen atoms in total. The summed E-state index contributed by atoms with van der Waals surface area (Å²) in [4.78, 5) is 0. The predicted molar refractivity (Wildman–Crippen MR) is 54.1 cm³/mol. The largest absolute Gasteiger partial charge is 0.192 e. The molecule has 0 atom stereocenters. The minimum absolute atomic E-state index is 0.737. The molecule has 1 rings (SSSR count). The van der Waals surface area contributed by atoms with Crippen molar-refractivity contribution in [3.8, 4) is 6.07 Å². The van der Waals surface area contributed by atoms with Crippen LogP contribution in [-0.2, 0) is 0 Å². The molecule has 1 radical (unpaired) electrons. The average molecular weight is 170 g/mol. The predicted octanol–water partition coefficient (Wildman–Crippen LogP) is 3.00. The van der Waals surface area contributed by atoms with Crippen LogP contribution in [0.3, 0.4) is 0 Å². The van der Waals surface area contributed by atoms with Gasteiger partial charge in [-0.15, -0.1) is 6.58 Å². The van der Waals surface area contributed by atoms with Crippen LogP contribution in [0.1, 0.15) is 23.6 Å². The molecule has 1 aromatic carbocycles. The zero-order valence-corrected chi connectivity index (χ0v) is 7.96. The standard InChI is InChI=1S/C12H12N/c1-4-9(2)11-5-6-12(8-13)10(3)7-11/h4-7H,1H2,2-3H3. The molecule has 0 aromatic heterocycles. The van der Waals surface area contributed by atoms with Gasteiger partial charge >= 0.3 is 0 Å². The van der Waals surface area contributed by atoms with Crippen molar-refractivity contribution in [2.45, 2.75) is 13.8 Å². The van der Waals surface area contributed by atoms with Crippen LogP contribution in [0.15, 0.2) is 30.9 Å². The third-order valence-corrected chi connectivity index (χ3v) is 2.11. The molecule has 0 saturated carbocycles. The Morgan fingerprint density at radius 3 is 2.69 bits per heavy atom. The number of benzene rings is 1. The maximum atomic E-state index is 8.73. The molecule has 0 fully saturated rings. The molecular formula is C12H12N. The Hall–Kier alpha value is -1.55. The van der Waals surface area contributed by atoms with E-state index in [1.54, 1.807) is 0 Å². The van der Waals surface area contributed by atoms with Gasteiger partial charge in [0.1, 0.15) is 0 Å². The van der Waals surface area contributed by atoms with E-state index in [0.29, 0.717) is 0 Å². The van der Waals surface area contributed by atoms with Crippen molar-refractivity contribution < 1.29 is 0 Å². The van der Waals surface area contributed by atoms with Crippen LogP contribution in [0.5, 0.6) is 0 Å². The number of hydrogen-bond donors (Lipinski definition) is 0. The fraction of sp³-hybridized carbons (Fsp3) is 0.167. The normalized spacial score (nSPS) is 9.69. The number of hydrogen-bond acceptors (Lipinski definition) is 1. The van der Waals surface area contributed by atoms with E-state index in [1.807, 2.05) is 38.1 Å². The van der Waals surface area contributed by atoms with Crippen LogP contribution in [0.2, 0.25) is 0 Å². The second-order valence-corrected chi connectivity index (χ2v) is 3.03. The van der Waals surface area contributed by atoms with Crippen molar-refractivity contribution in [1.82, 2.24) is 0 Å². The van der Waals surface area contributed by atoms with Crippen molar-refractivity contribution in [3.63, 3.8) is 0 Å². The Morgan fingerprint density at radius 1 is 1.54 bits per heavy atom. The second-order valence-electron chi connectivity index (χ2n) is 3.03. The number of allylic oxidation sites excluding steroid dienone is 1. The minimum atomic E-state index is 0.737. The molecule has 0 saturated heterocycles. The molecule has 1 aromatic rings. The highest BCUT2D eigenvalue weighted by atomic mass is 14.2. The Kier molecular flexibility index (Phi) is 2.87.